The van der Waals surface area contributed by atoms with E-state index in [-0.39, 0.29) is 34.7 Å². The van der Waals surface area contributed by atoms with Crippen LogP contribution in [0.25, 0.3) is 0 Å². The Morgan fingerprint density at radius 3 is 2.59 bits per heavy atom. The second kappa shape index (κ2) is 10.7. The van der Waals surface area contributed by atoms with Crippen LogP contribution in [-0.2, 0) is 32.2 Å². The molecule has 0 radical (unpaired) electrons. The van der Waals surface area contributed by atoms with E-state index in [1.54, 1.807) is 12.1 Å². The average Bonchev–Trinajstić information content (AvgIpc) is 3.40. The summed E-state index contributed by atoms with van der Waals surface area (Å²) in [4.78, 5) is 51.0. The number of carbonyl (C=O) groups is 4. The van der Waals surface area contributed by atoms with Crippen molar-refractivity contribution in [1.82, 2.24) is 15.1 Å². The van der Waals surface area contributed by atoms with Gasteiger partial charge in [0.2, 0.25) is 17.7 Å². The van der Waals surface area contributed by atoms with Gasteiger partial charge in [0.05, 0.1) is 13.1 Å². The quantitative estimate of drug-likeness (QED) is 0.661. The SMILES string of the molecule is C=CC(=O)N[C@H](C)C(=O)N1C[C@H](OC(=O)N2Cc3cccc(F)c3C2)CC1C(N)=O.CC.[HH].[HH]. The van der Waals surface area contributed by atoms with E-state index in [1.165, 1.54) is 22.8 Å². The van der Waals surface area contributed by atoms with Crippen molar-refractivity contribution in [3.8, 4) is 0 Å². The molecule has 0 bridgehead atoms. The number of carbonyl (C=O) groups excluding carboxylic acids is 4. The molecule has 2 aliphatic heterocycles. The van der Waals surface area contributed by atoms with Crippen LogP contribution in [0.2, 0.25) is 0 Å². The first-order valence-electron chi connectivity index (χ1n) is 10.5. The highest BCUT2D eigenvalue weighted by Gasteiger charge is 2.42. The Labute approximate surface area is 189 Å². The number of amides is 4. The maximum atomic E-state index is 13.9. The van der Waals surface area contributed by atoms with E-state index in [0.717, 1.165) is 6.08 Å². The molecule has 1 unspecified atom stereocenters. The Balaban J connectivity index is 0.00000265. The molecule has 0 saturated carbocycles. The van der Waals surface area contributed by atoms with Gasteiger partial charge in [-0.15, -0.1) is 0 Å². The number of primary amides is 1. The normalized spacial score (nSPS) is 19.9. The molecule has 0 aromatic heterocycles. The summed E-state index contributed by atoms with van der Waals surface area (Å²) in [5.74, 6) is -2.18. The lowest BCUT2D eigenvalue weighted by molar-refractivity contribution is -0.139. The van der Waals surface area contributed by atoms with Crippen LogP contribution >= 0.6 is 0 Å². The van der Waals surface area contributed by atoms with Crippen LogP contribution in [0.15, 0.2) is 30.9 Å². The number of nitrogens with two attached hydrogens (primary N) is 1. The number of nitrogens with one attached hydrogen (secondary N) is 1. The fourth-order valence-electron chi connectivity index (χ4n) is 3.71. The van der Waals surface area contributed by atoms with Crippen molar-refractivity contribution in [2.75, 3.05) is 6.54 Å². The zero-order valence-electron chi connectivity index (χ0n) is 18.5. The molecule has 2 heterocycles. The van der Waals surface area contributed by atoms with Crippen LogP contribution in [0.3, 0.4) is 0 Å². The minimum Gasteiger partial charge on any atom is -0.444 e. The van der Waals surface area contributed by atoms with E-state index in [0.29, 0.717) is 11.1 Å². The van der Waals surface area contributed by atoms with E-state index in [9.17, 15) is 23.6 Å². The zero-order valence-corrected chi connectivity index (χ0v) is 18.5. The largest absolute Gasteiger partial charge is 0.444 e. The Morgan fingerprint density at radius 1 is 1.31 bits per heavy atom. The molecule has 2 aliphatic rings. The van der Waals surface area contributed by atoms with Crippen LogP contribution < -0.4 is 11.1 Å². The third kappa shape index (κ3) is 5.43. The molecule has 1 aromatic rings. The van der Waals surface area contributed by atoms with Gasteiger partial charge in [-0.3, -0.25) is 19.3 Å². The van der Waals surface area contributed by atoms with Gasteiger partial charge in [-0.1, -0.05) is 32.6 Å². The van der Waals surface area contributed by atoms with Gasteiger partial charge < -0.3 is 20.7 Å². The number of fused-ring (bicyclic) bond motifs is 1. The molecular weight excluding hydrogens is 419 g/mol. The summed E-state index contributed by atoms with van der Waals surface area (Å²) >= 11 is 0. The number of ether oxygens (including phenoxy) is 1. The number of benzene rings is 1. The first-order chi connectivity index (χ1) is 15.2. The molecule has 0 spiro atoms. The number of hydrogen-bond donors (Lipinski definition) is 2. The van der Waals surface area contributed by atoms with Crippen molar-refractivity contribution >= 4 is 23.8 Å². The smallest absolute Gasteiger partial charge is 0.410 e. The van der Waals surface area contributed by atoms with Crippen molar-refractivity contribution < 1.29 is 31.2 Å². The molecule has 32 heavy (non-hydrogen) atoms. The fraction of sp³-hybridized carbons (Fsp3) is 0.455. The Hall–Kier alpha value is -3.43. The lowest BCUT2D eigenvalue weighted by Gasteiger charge is -2.25. The van der Waals surface area contributed by atoms with Crippen molar-refractivity contribution in [1.29, 1.82) is 0 Å². The topological polar surface area (TPSA) is 122 Å². The van der Waals surface area contributed by atoms with Crippen LogP contribution in [0, 0.1) is 5.82 Å². The van der Waals surface area contributed by atoms with Gasteiger partial charge >= 0.3 is 6.09 Å². The number of halogens is 1. The molecule has 4 amide bonds. The lowest BCUT2D eigenvalue weighted by atomic mass is 10.1. The minimum atomic E-state index is -0.966. The van der Waals surface area contributed by atoms with Crippen LogP contribution in [0.5, 0.6) is 0 Å². The molecule has 3 atom stereocenters. The minimum absolute atomic E-state index is 0. The monoisotopic (exact) mass is 452 g/mol. The van der Waals surface area contributed by atoms with E-state index < -0.39 is 42.0 Å². The summed E-state index contributed by atoms with van der Waals surface area (Å²) in [5.41, 5.74) is 6.56. The Morgan fingerprint density at radius 2 is 2.00 bits per heavy atom. The molecule has 1 fully saturated rings. The van der Waals surface area contributed by atoms with Crippen LogP contribution in [-0.4, -0.2) is 58.3 Å². The summed E-state index contributed by atoms with van der Waals surface area (Å²) < 4.78 is 19.4. The van der Waals surface area contributed by atoms with Crippen molar-refractivity contribution in [2.24, 2.45) is 5.73 Å². The van der Waals surface area contributed by atoms with Crippen molar-refractivity contribution in [3.63, 3.8) is 0 Å². The molecule has 1 saturated heterocycles. The predicted octanol–water partition coefficient (Wildman–Crippen LogP) is 1.94. The van der Waals surface area contributed by atoms with Crippen LogP contribution in [0.1, 0.15) is 41.2 Å². The highest BCUT2D eigenvalue weighted by atomic mass is 19.1. The molecule has 1 aromatic carbocycles. The van der Waals surface area contributed by atoms with Gasteiger partial charge in [-0.05, 0) is 24.6 Å². The Bertz CT molecular complexity index is 917. The standard InChI is InChI=1S/C20H23FN4O5.C2H6.2H2/c1-3-17(26)23-11(2)19(28)25-9-13(7-16(25)18(22)27)30-20(29)24-8-12-5-4-6-15(21)14(12)10-24;1-2;;/h3-6,11,13,16H,1,7-10H2,2H3,(H2,22,27)(H,23,26);1-2H3;2*1H/t11-,13-,16?;;;/m1.../s1. The molecule has 0 aliphatic carbocycles. The third-order valence-electron chi connectivity index (χ3n) is 5.24. The highest BCUT2D eigenvalue weighted by Crippen LogP contribution is 2.27. The predicted molar refractivity (Wildman–Crippen MR) is 119 cm³/mol. The highest BCUT2D eigenvalue weighted by molar-refractivity contribution is 5.94. The van der Waals surface area contributed by atoms with E-state index >= 15 is 0 Å². The number of nitrogens with zero attached hydrogens (tertiary/aromatic N) is 2. The zero-order chi connectivity index (χ0) is 24.0. The van der Waals surface area contributed by atoms with Gasteiger partial charge in [0.15, 0.2) is 0 Å². The second-order valence-corrected chi connectivity index (χ2v) is 7.32. The van der Waals surface area contributed by atoms with E-state index in [2.05, 4.69) is 11.9 Å². The van der Waals surface area contributed by atoms with Gasteiger partial charge in [-0.25, -0.2) is 9.18 Å². The molecule has 178 valence electrons. The summed E-state index contributed by atoms with van der Waals surface area (Å²) in [6, 6.07) is 2.77. The molecule has 10 heteroatoms. The van der Waals surface area contributed by atoms with Crippen molar-refractivity contribution in [2.45, 2.75) is 58.5 Å². The maximum absolute atomic E-state index is 13.9. The number of rotatable bonds is 5. The molecule has 3 N–H and O–H groups in total. The maximum Gasteiger partial charge on any atom is 0.410 e. The second-order valence-electron chi connectivity index (χ2n) is 7.32. The Kier molecular flexibility index (Phi) is 8.34. The first kappa shape index (κ1) is 24.8. The fourth-order valence-corrected chi connectivity index (χ4v) is 3.71. The van der Waals surface area contributed by atoms with E-state index in [4.69, 9.17) is 10.5 Å². The van der Waals surface area contributed by atoms with Gasteiger partial charge in [0.25, 0.3) is 0 Å². The average molecular weight is 453 g/mol. The molecule has 3 rings (SSSR count). The summed E-state index contributed by atoms with van der Waals surface area (Å²) in [7, 11) is 0. The number of likely N-dealkylation sites (tertiary alicyclic amines) is 1. The summed E-state index contributed by atoms with van der Waals surface area (Å²) in [6.07, 6.45) is -0.346. The van der Waals surface area contributed by atoms with Gasteiger partial charge in [0.1, 0.15) is 24.0 Å². The molecular formula is C22H33FN4O5. The van der Waals surface area contributed by atoms with Crippen molar-refractivity contribution in [3.05, 3.63) is 47.8 Å². The van der Waals surface area contributed by atoms with Gasteiger partial charge in [-0.2, -0.15) is 0 Å². The lowest BCUT2D eigenvalue weighted by Crippen LogP contribution is -2.51. The first-order valence-corrected chi connectivity index (χ1v) is 10.5. The summed E-state index contributed by atoms with van der Waals surface area (Å²) in [5, 5.41) is 2.43. The van der Waals surface area contributed by atoms with Crippen LogP contribution in [0.4, 0.5) is 9.18 Å². The summed E-state index contributed by atoms with van der Waals surface area (Å²) in [6.45, 7) is 9.05. The van der Waals surface area contributed by atoms with Gasteiger partial charge in [0, 0.05) is 21.4 Å². The van der Waals surface area contributed by atoms with E-state index in [1.807, 2.05) is 13.8 Å². The third-order valence-corrected chi connectivity index (χ3v) is 5.24. The molecule has 9 nitrogen and oxygen atoms in total. The number of hydrogen-bond acceptors (Lipinski definition) is 5.